The predicted octanol–water partition coefficient (Wildman–Crippen LogP) is 2.54. The second-order valence-corrected chi connectivity index (χ2v) is 9.31. The third-order valence-electron chi connectivity index (χ3n) is 4.69. The van der Waals surface area contributed by atoms with Gasteiger partial charge in [0, 0.05) is 31.2 Å². The van der Waals surface area contributed by atoms with Gasteiger partial charge in [-0.2, -0.15) is 0 Å². The summed E-state index contributed by atoms with van der Waals surface area (Å²) in [7, 11) is -2.18. The third kappa shape index (κ3) is 4.35. The zero-order valence-electron chi connectivity index (χ0n) is 16.4. The van der Waals surface area contributed by atoms with Crippen LogP contribution in [0.3, 0.4) is 0 Å². The first kappa shape index (κ1) is 20.3. The molecule has 0 aliphatic carbocycles. The normalized spacial score (nSPS) is 13.7. The van der Waals surface area contributed by atoms with Gasteiger partial charge in [-0.25, -0.2) is 17.9 Å². The highest BCUT2D eigenvalue weighted by Gasteiger charge is 2.25. The van der Waals surface area contributed by atoms with Crippen molar-refractivity contribution in [1.29, 1.82) is 0 Å². The van der Waals surface area contributed by atoms with Gasteiger partial charge < -0.3 is 9.73 Å². The van der Waals surface area contributed by atoms with Crippen LogP contribution in [0.25, 0.3) is 11.1 Å². The third-order valence-corrected chi connectivity index (χ3v) is 6.08. The Hall–Kier alpha value is -2.42. The Bertz CT molecular complexity index is 1130. The molecule has 0 radical (unpaired) electrons. The lowest BCUT2D eigenvalue weighted by Crippen LogP contribution is -2.49. The van der Waals surface area contributed by atoms with Crippen LogP contribution in [0.5, 0.6) is 0 Å². The smallest absolute Gasteiger partial charge is 0.408 e. The molecule has 1 aromatic heterocycles. The van der Waals surface area contributed by atoms with Crippen molar-refractivity contribution >= 4 is 21.1 Å². The Morgan fingerprint density at radius 3 is 2.50 bits per heavy atom. The molecular formula is C20H25N3O4S. The quantitative estimate of drug-likeness (QED) is 0.632. The molecule has 7 nitrogen and oxygen atoms in total. The van der Waals surface area contributed by atoms with Crippen LogP contribution < -0.4 is 15.8 Å². The summed E-state index contributed by atoms with van der Waals surface area (Å²) in [6.07, 6.45) is 0. The SMILES string of the molecule is CC(NC(C)(C)CNS(=O)(=O)c1ccc2c(c1)oc(=O)n2C)c1ccccc1. The highest BCUT2D eigenvalue weighted by atomic mass is 32.2. The molecule has 2 aromatic carbocycles. The fourth-order valence-corrected chi connectivity index (χ4v) is 4.33. The van der Waals surface area contributed by atoms with Gasteiger partial charge in [0.25, 0.3) is 0 Å². The number of rotatable bonds is 7. The van der Waals surface area contributed by atoms with Crippen LogP contribution in [-0.2, 0) is 17.1 Å². The molecule has 3 aromatic rings. The maximum atomic E-state index is 12.7. The van der Waals surface area contributed by atoms with E-state index in [0.29, 0.717) is 5.52 Å². The molecule has 1 atom stereocenters. The minimum Gasteiger partial charge on any atom is -0.408 e. The van der Waals surface area contributed by atoms with Crippen LogP contribution in [0.1, 0.15) is 32.4 Å². The van der Waals surface area contributed by atoms with E-state index < -0.39 is 21.3 Å². The first-order valence-corrected chi connectivity index (χ1v) is 10.5. The number of hydrogen-bond donors (Lipinski definition) is 2. The molecule has 0 amide bonds. The molecule has 0 bridgehead atoms. The van der Waals surface area contributed by atoms with Gasteiger partial charge in [-0.3, -0.25) is 4.57 Å². The van der Waals surface area contributed by atoms with Gasteiger partial charge in [-0.1, -0.05) is 30.3 Å². The van der Waals surface area contributed by atoms with Crippen LogP contribution in [0.15, 0.2) is 62.6 Å². The minimum absolute atomic E-state index is 0.0567. The Morgan fingerprint density at radius 2 is 1.82 bits per heavy atom. The van der Waals surface area contributed by atoms with Crippen molar-refractivity contribution in [3.8, 4) is 0 Å². The molecule has 1 unspecified atom stereocenters. The molecule has 2 N–H and O–H groups in total. The van der Waals surface area contributed by atoms with Crippen molar-refractivity contribution in [1.82, 2.24) is 14.6 Å². The number of oxazole rings is 1. The molecular weight excluding hydrogens is 378 g/mol. The van der Waals surface area contributed by atoms with Gasteiger partial charge in [-0.05, 0) is 38.5 Å². The van der Waals surface area contributed by atoms with Crippen molar-refractivity contribution in [2.75, 3.05) is 6.54 Å². The van der Waals surface area contributed by atoms with Crippen LogP contribution in [0, 0.1) is 0 Å². The number of benzene rings is 2. The van der Waals surface area contributed by atoms with E-state index in [9.17, 15) is 13.2 Å². The summed E-state index contributed by atoms with van der Waals surface area (Å²) >= 11 is 0. The van der Waals surface area contributed by atoms with Crippen molar-refractivity contribution in [3.63, 3.8) is 0 Å². The number of nitrogens with one attached hydrogen (secondary N) is 2. The highest BCUT2D eigenvalue weighted by molar-refractivity contribution is 7.89. The average molecular weight is 404 g/mol. The Labute approximate surface area is 164 Å². The van der Waals surface area contributed by atoms with Crippen molar-refractivity contribution in [2.45, 2.75) is 37.2 Å². The largest absolute Gasteiger partial charge is 0.419 e. The number of hydrogen-bond acceptors (Lipinski definition) is 5. The van der Waals surface area contributed by atoms with E-state index in [1.54, 1.807) is 13.1 Å². The van der Waals surface area contributed by atoms with Gasteiger partial charge in [0.15, 0.2) is 5.58 Å². The molecule has 28 heavy (non-hydrogen) atoms. The predicted molar refractivity (Wildman–Crippen MR) is 109 cm³/mol. The monoisotopic (exact) mass is 403 g/mol. The van der Waals surface area contributed by atoms with Crippen LogP contribution in [0.2, 0.25) is 0 Å². The molecule has 1 heterocycles. The Morgan fingerprint density at radius 1 is 1.14 bits per heavy atom. The molecule has 0 fully saturated rings. The topological polar surface area (TPSA) is 93.3 Å². The molecule has 0 saturated heterocycles. The second kappa shape index (κ2) is 7.54. The van der Waals surface area contributed by atoms with Crippen molar-refractivity contribution < 1.29 is 12.8 Å². The average Bonchev–Trinajstić information content (AvgIpc) is 2.94. The molecule has 3 rings (SSSR count). The Balaban J connectivity index is 1.72. The first-order valence-electron chi connectivity index (χ1n) is 9.01. The zero-order valence-corrected chi connectivity index (χ0v) is 17.2. The van der Waals surface area contributed by atoms with E-state index in [-0.39, 0.29) is 23.1 Å². The zero-order chi connectivity index (χ0) is 20.5. The maximum absolute atomic E-state index is 12.7. The van der Waals surface area contributed by atoms with E-state index in [0.717, 1.165) is 5.56 Å². The van der Waals surface area contributed by atoms with Gasteiger partial charge in [0.1, 0.15) is 0 Å². The summed E-state index contributed by atoms with van der Waals surface area (Å²) in [5, 5.41) is 3.45. The lowest BCUT2D eigenvalue weighted by Gasteiger charge is -2.30. The highest BCUT2D eigenvalue weighted by Crippen LogP contribution is 2.19. The van der Waals surface area contributed by atoms with Gasteiger partial charge >= 0.3 is 5.76 Å². The first-order chi connectivity index (χ1) is 13.1. The molecule has 0 saturated carbocycles. The molecule has 0 spiro atoms. The van der Waals surface area contributed by atoms with E-state index in [4.69, 9.17) is 4.42 Å². The number of fused-ring (bicyclic) bond motifs is 1. The van der Waals surface area contributed by atoms with Crippen LogP contribution >= 0.6 is 0 Å². The van der Waals surface area contributed by atoms with Crippen molar-refractivity contribution in [3.05, 3.63) is 64.6 Å². The van der Waals surface area contributed by atoms with Gasteiger partial charge in [0.05, 0.1) is 10.4 Å². The van der Waals surface area contributed by atoms with Crippen LogP contribution in [0.4, 0.5) is 0 Å². The fourth-order valence-electron chi connectivity index (χ4n) is 3.10. The summed E-state index contributed by atoms with van der Waals surface area (Å²) < 4.78 is 34.5. The Kier molecular flexibility index (Phi) is 5.47. The number of aryl methyl sites for hydroxylation is 1. The van der Waals surface area contributed by atoms with Gasteiger partial charge in [-0.15, -0.1) is 0 Å². The van der Waals surface area contributed by atoms with Crippen molar-refractivity contribution in [2.24, 2.45) is 7.05 Å². The molecule has 8 heteroatoms. The summed E-state index contributed by atoms with van der Waals surface area (Å²) in [6.45, 7) is 6.11. The molecule has 150 valence electrons. The van der Waals surface area contributed by atoms with Crippen LogP contribution in [-0.4, -0.2) is 25.1 Å². The molecule has 0 aliphatic heterocycles. The lowest BCUT2D eigenvalue weighted by atomic mass is 10.0. The fraction of sp³-hybridized carbons (Fsp3) is 0.350. The lowest BCUT2D eigenvalue weighted by molar-refractivity contribution is 0.346. The van der Waals surface area contributed by atoms with E-state index in [1.807, 2.05) is 51.1 Å². The summed E-state index contributed by atoms with van der Waals surface area (Å²) in [5.74, 6) is -0.530. The summed E-state index contributed by atoms with van der Waals surface area (Å²) in [4.78, 5) is 11.7. The maximum Gasteiger partial charge on any atom is 0.419 e. The minimum atomic E-state index is -3.75. The van der Waals surface area contributed by atoms with E-state index in [1.165, 1.54) is 16.7 Å². The second-order valence-electron chi connectivity index (χ2n) is 7.54. The summed E-state index contributed by atoms with van der Waals surface area (Å²) in [6, 6.07) is 14.4. The standard InChI is InChI=1S/C20H25N3O4S/c1-14(15-8-6-5-7-9-15)22-20(2,3)13-21-28(25,26)16-10-11-17-18(12-16)27-19(24)23(17)4/h5-12,14,21-22H,13H2,1-4H3. The summed E-state index contributed by atoms with van der Waals surface area (Å²) in [5.41, 5.74) is 1.43. The number of sulfonamides is 1. The number of nitrogens with zero attached hydrogens (tertiary/aromatic N) is 1. The van der Waals surface area contributed by atoms with E-state index >= 15 is 0 Å². The van der Waals surface area contributed by atoms with Gasteiger partial charge in [0.2, 0.25) is 10.0 Å². The van der Waals surface area contributed by atoms with E-state index in [2.05, 4.69) is 10.0 Å². The number of aromatic nitrogens is 1. The molecule has 0 aliphatic rings.